The number of nitrogens with two attached hydrogens (primary N) is 1. The second kappa shape index (κ2) is 11.3. The van der Waals surface area contributed by atoms with Gasteiger partial charge in [-0.05, 0) is 65.2 Å². The Morgan fingerprint density at radius 1 is 0.929 bits per heavy atom. The first-order chi connectivity index (χ1) is 13.5. The van der Waals surface area contributed by atoms with Gasteiger partial charge in [0, 0.05) is 25.5 Å². The standard InChI is InChI=1S/C25H38N2O/c1-18(2)7-12-23(22-10-8-20(15-26)9-11-22)25(17-28)24(19(3)4)14-21-6-5-13-27-16-21/h5-6,8-11,13,16,18-19,23-25,28H,7,12,14-15,17,26H2,1-4H3. The van der Waals surface area contributed by atoms with Crippen LogP contribution in [0.25, 0.3) is 0 Å². The Morgan fingerprint density at radius 2 is 1.64 bits per heavy atom. The second-order valence-electron chi connectivity index (χ2n) is 8.84. The van der Waals surface area contributed by atoms with Gasteiger partial charge in [-0.25, -0.2) is 0 Å². The lowest BCUT2D eigenvalue weighted by Crippen LogP contribution is -2.31. The SMILES string of the molecule is CC(C)CCC(c1ccc(CN)cc1)C(CO)C(Cc1cccnc1)C(C)C. The summed E-state index contributed by atoms with van der Waals surface area (Å²) in [6.07, 6.45) is 7.00. The van der Waals surface area contributed by atoms with Crippen molar-refractivity contribution in [3.05, 3.63) is 65.5 Å². The van der Waals surface area contributed by atoms with Crippen molar-refractivity contribution in [1.29, 1.82) is 0 Å². The minimum absolute atomic E-state index is 0.213. The Kier molecular flexibility index (Phi) is 9.14. The van der Waals surface area contributed by atoms with Gasteiger partial charge in [-0.1, -0.05) is 64.4 Å². The Balaban J connectivity index is 2.33. The lowest BCUT2D eigenvalue weighted by Gasteiger charge is -2.36. The van der Waals surface area contributed by atoms with Gasteiger partial charge in [-0.3, -0.25) is 4.98 Å². The van der Waals surface area contributed by atoms with E-state index in [-0.39, 0.29) is 12.5 Å². The molecule has 0 aliphatic heterocycles. The average molecular weight is 383 g/mol. The van der Waals surface area contributed by atoms with Gasteiger partial charge in [0.25, 0.3) is 0 Å². The lowest BCUT2D eigenvalue weighted by molar-refractivity contribution is 0.116. The number of aliphatic hydroxyl groups is 1. The summed E-state index contributed by atoms with van der Waals surface area (Å²) in [5.74, 6) is 2.12. The highest BCUT2D eigenvalue weighted by atomic mass is 16.3. The van der Waals surface area contributed by atoms with E-state index in [0.29, 0.717) is 30.2 Å². The fraction of sp³-hybridized carbons (Fsp3) is 0.560. The molecule has 0 aliphatic rings. The molecule has 0 radical (unpaired) electrons. The summed E-state index contributed by atoms with van der Waals surface area (Å²) in [5.41, 5.74) is 9.52. The molecule has 0 fully saturated rings. The molecular weight excluding hydrogens is 344 g/mol. The smallest absolute Gasteiger partial charge is 0.0467 e. The van der Waals surface area contributed by atoms with Gasteiger partial charge in [0.2, 0.25) is 0 Å². The highest BCUT2D eigenvalue weighted by Crippen LogP contribution is 2.39. The van der Waals surface area contributed by atoms with Gasteiger partial charge < -0.3 is 10.8 Å². The van der Waals surface area contributed by atoms with Crippen molar-refractivity contribution in [3.8, 4) is 0 Å². The van der Waals surface area contributed by atoms with E-state index in [1.165, 1.54) is 11.1 Å². The van der Waals surface area contributed by atoms with Gasteiger partial charge in [-0.2, -0.15) is 0 Å². The molecule has 1 aromatic carbocycles. The zero-order chi connectivity index (χ0) is 20.5. The van der Waals surface area contributed by atoms with Gasteiger partial charge in [-0.15, -0.1) is 0 Å². The van der Waals surface area contributed by atoms with Crippen LogP contribution in [0, 0.1) is 23.7 Å². The Hall–Kier alpha value is -1.71. The van der Waals surface area contributed by atoms with Crippen molar-refractivity contribution >= 4 is 0 Å². The molecule has 154 valence electrons. The molecule has 2 rings (SSSR count). The van der Waals surface area contributed by atoms with Gasteiger partial charge in [0.15, 0.2) is 0 Å². The topological polar surface area (TPSA) is 59.1 Å². The van der Waals surface area contributed by atoms with E-state index in [1.807, 2.05) is 18.5 Å². The van der Waals surface area contributed by atoms with Crippen LogP contribution in [0.5, 0.6) is 0 Å². The number of nitrogens with zero attached hydrogens (tertiary/aromatic N) is 1. The van der Waals surface area contributed by atoms with E-state index in [1.54, 1.807) is 0 Å². The van der Waals surface area contributed by atoms with Crippen molar-refractivity contribution in [2.45, 2.75) is 59.4 Å². The summed E-state index contributed by atoms with van der Waals surface area (Å²) in [5, 5.41) is 10.5. The third-order valence-electron chi connectivity index (χ3n) is 6.03. The molecule has 3 heteroatoms. The summed E-state index contributed by atoms with van der Waals surface area (Å²) in [4.78, 5) is 4.29. The van der Waals surface area contributed by atoms with E-state index in [0.717, 1.165) is 24.8 Å². The maximum absolute atomic E-state index is 10.5. The summed E-state index contributed by atoms with van der Waals surface area (Å²) in [6.45, 7) is 9.89. The zero-order valence-corrected chi connectivity index (χ0v) is 18.0. The van der Waals surface area contributed by atoms with Crippen molar-refractivity contribution < 1.29 is 5.11 Å². The lowest BCUT2D eigenvalue weighted by atomic mass is 9.69. The van der Waals surface area contributed by atoms with Crippen LogP contribution in [0.3, 0.4) is 0 Å². The van der Waals surface area contributed by atoms with E-state index in [2.05, 4.69) is 63.0 Å². The molecule has 0 aliphatic carbocycles. The van der Waals surface area contributed by atoms with Gasteiger partial charge in [0.05, 0.1) is 0 Å². The number of pyridine rings is 1. The van der Waals surface area contributed by atoms with Crippen LogP contribution >= 0.6 is 0 Å². The van der Waals surface area contributed by atoms with Crippen molar-refractivity contribution in [2.24, 2.45) is 29.4 Å². The molecule has 0 amide bonds. The van der Waals surface area contributed by atoms with E-state index in [4.69, 9.17) is 5.73 Å². The Bertz CT molecular complexity index is 667. The van der Waals surface area contributed by atoms with Crippen LogP contribution in [0.4, 0.5) is 0 Å². The third kappa shape index (κ3) is 6.42. The largest absolute Gasteiger partial charge is 0.396 e. The van der Waals surface area contributed by atoms with Crippen molar-refractivity contribution in [2.75, 3.05) is 6.61 Å². The highest BCUT2D eigenvalue weighted by molar-refractivity contribution is 5.26. The molecule has 0 bridgehead atoms. The molecule has 1 heterocycles. The van der Waals surface area contributed by atoms with E-state index in [9.17, 15) is 5.11 Å². The molecular formula is C25H38N2O. The Labute approximate surface area is 171 Å². The van der Waals surface area contributed by atoms with Crippen LogP contribution in [0.1, 0.15) is 63.1 Å². The first kappa shape index (κ1) is 22.6. The number of benzene rings is 1. The van der Waals surface area contributed by atoms with Crippen LogP contribution < -0.4 is 5.73 Å². The molecule has 3 unspecified atom stereocenters. The quantitative estimate of drug-likeness (QED) is 0.563. The van der Waals surface area contributed by atoms with E-state index >= 15 is 0 Å². The third-order valence-corrected chi connectivity index (χ3v) is 6.03. The molecule has 28 heavy (non-hydrogen) atoms. The number of aromatic nitrogens is 1. The minimum Gasteiger partial charge on any atom is -0.396 e. The van der Waals surface area contributed by atoms with Crippen LogP contribution in [-0.2, 0) is 13.0 Å². The Morgan fingerprint density at radius 3 is 2.14 bits per heavy atom. The molecule has 3 N–H and O–H groups in total. The predicted octanol–water partition coefficient (Wildman–Crippen LogP) is 5.18. The van der Waals surface area contributed by atoms with Crippen LogP contribution in [0.15, 0.2) is 48.8 Å². The zero-order valence-electron chi connectivity index (χ0n) is 18.0. The fourth-order valence-corrected chi connectivity index (χ4v) is 4.28. The van der Waals surface area contributed by atoms with Crippen LogP contribution in [-0.4, -0.2) is 16.7 Å². The molecule has 0 spiro atoms. The predicted molar refractivity (Wildman–Crippen MR) is 118 cm³/mol. The van der Waals surface area contributed by atoms with E-state index < -0.39 is 0 Å². The fourth-order valence-electron chi connectivity index (χ4n) is 4.28. The van der Waals surface area contributed by atoms with Crippen molar-refractivity contribution in [3.63, 3.8) is 0 Å². The summed E-state index contributed by atoms with van der Waals surface area (Å²) in [7, 11) is 0. The van der Waals surface area contributed by atoms with Gasteiger partial charge in [0.1, 0.15) is 0 Å². The summed E-state index contributed by atoms with van der Waals surface area (Å²) < 4.78 is 0. The maximum Gasteiger partial charge on any atom is 0.0467 e. The average Bonchev–Trinajstić information content (AvgIpc) is 2.70. The first-order valence-electron chi connectivity index (χ1n) is 10.7. The minimum atomic E-state index is 0.213. The number of rotatable bonds is 11. The van der Waals surface area contributed by atoms with Crippen molar-refractivity contribution in [1.82, 2.24) is 4.98 Å². The first-order valence-corrected chi connectivity index (χ1v) is 10.7. The maximum atomic E-state index is 10.5. The number of hydrogen-bond donors (Lipinski definition) is 2. The number of hydrogen-bond acceptors (Lipinski definition) is 3. The normalized spacial score (nSPS) is 15.0. The number of aliphatic hydroxyl groups excluding tert-OH is 1. The monoisotopic (exact) mass is 382 g/mol. The molecule has 0 saturated carbocycles. The highest BCUT2D eigenvalue weighted by Gasteiger charge is 2.32. The summed E-state index contributed by atoms with van der Waals surface area (Å²) >= 11 is 0. The molecule has 2 aromatic rings. The van der Waals surface area contributed by atoms with Gasteiger partial charge >= 0.3 is 0 Å². The summed E-state index contributed by atoms with van der Waals surface area (Å²) in [6, 6.07) is 12.9. The molecule has 3 nitrogen and oxygen atoms in total. The molecule has 3 atom stereocenters. The molecule has 1 aromatic heterocycles. The second-order valence-corrected chi connectivity index (χ2v) is 8.84. The van der Waals surface area contributed by atoms with Crippen LogP contribution in [0.2, 0.25) is 0 Å². The molecule has 0 saturated heterocycles.